The van der Waals surface area contributed by atoms with Crippen LogP contribution in [-0.2, 0) is 0 Å². The largest absolute Gasteiger partial charge is 0.502 e. The van der Waals surface area contributed by atoms with Crippen molar-refractivity contribution in [1.82, 2.24) is 15.0 Å². The lowest BCUT2D eigenvalue weighted by molar-refractivity contribution is 0.340. The Hall–Kier alpha value is -3.72. The molecule has 2 aromatic heterocycles. The number of rotatable bonds is 6. The SMILES string of the molecule is COc1cc(-c2cc(-c3sc(C)nc3C)nc(Nc3ccc(F)cc3)n2)cc(OC)c1O. The molecule has 0 unspecified atom stereocenters. The van der Waals surface area contributed by atoms with Crippen LogP contribution in [-0.4, -0.2) is 34.3 Å². The van der Waals surface area contributed by atoms with E-state index < -0.39 is 0 Å². The topological polar surface area (TPSA) is 89.4 Å². The summed E-state index contributed by atoms with van der Waals surface area (Å²) >= 11 is 1.54. The Labute approximate surface area is 188 Å². The van der Waals surface area contributed by atoms with Gasteiger partial charge in [-0.25, -0.2) is 19.3 Å². The van der Waals surface area contributed by atoms with E-state index in [-0.39, 0.29) is 23.1 Å². The lowest BCUT2D eigenvalue weighted by atomic mass is 10.1. The average Bonchev–Trinajstić information content (AvgIpc) is 3.13. The molecule has 0 fully saturated rings. The van der Waals surface area contributed by atoms with Crippen molar-refractivity contribution in [2.24, 2.45) is 0 Å². The zero-order valence-corrected chi connectivity index (χ0v) is 18.7. The van der Waals surface area contributed by atoms with E-state index in [4.69, 9.17) is 9.47 Å². The van der Waals surface area contributed by atoms with Gasteiger partial charge >= 0.3 is 0 Å². The predicted octanol–water partition coefficient (Wildman–Crippen LogP) is 5.49. The van der Waals surface area contributed by atoms with E-state index in [0.717, 1.165) is 15.6 Å². The number of phenols is 1. The van der Waals surface area contributed by atoms with Crippen molar-refractivity contribution in [2.45, 2.75) is 13.8 Å². The summed E-state index contributed by atoms with van der Waals surface area (Å²) in [5.41, 5.74) is 3.45. The summed E-state index contributed by atoms with van der Waals surface area (Å²) < 4.78 is 23.9. The monoisotopic (exact) mass is 452 g/mol. The lowest BCUT2D eigenvalue weighted by Crippen LogP contribution is -2.01. The second kappa shape index (κ2) is 8.80. The fraction of sp³-hybridized carbons (Fsp3) is 0.174. The van der Waals surface area contributed by atoms with Gasteiger partial charge in [0, 0.05) is 11.3 Å². The maximum Gasteiger partial charge on any atom is 0.228 e. The van der Waals surface area contributed by atoms with Gasteiger partial charge in [0.2, 0.25) is 11.7 Å². The van der Waals surface area contributed by atoms with Gasteiger partial charge in [0.25, 0.3) is 0 Å². The van der Waals surface area contributed by atoms with Gasteiger partial charge in [-0.15, -0.1) is 11.3 Å². The van der Waals surface area contributed by atoms with Gasteiger partial charge in [-0.05, 0) is 56.3 Å². The van der Waals surface area contributed by atoms with Crippen molar-refractivity contribution in [3.63, 3.8) is 0 Å². The number of halogens is 1. The highest BCUT2D eigenvalue weighted by atomic mass is 32.1. The number of thiazole rings is 1. The van der Waals surface area contributed by atoms with Crippen molar-refractivity contribution in [1.29, 1.82) is 0 Å². The molecule has 2 heterocycles. The van der Waals surface area contributed by atoms with Crippen LogP contribution in [0.3, 0.4) is 0 Å². The number of nitrogens with zero attached hydrogens (tertiary/aromatic N) is 3. The number of aromatic hydroxyl groups is 1. The second-order valence-corrected chi connectivity index (χ2v) is 8.17. The fourth-order valence-electron chi connectivity index (χ4n) is 3.24. The van der Waals surface area contributed by atoms with Gasteiger partial charge in [0.05, 0.1) is 41.2 Å². The Morgan fingerprint density at radius 2 is 1.53 bits per heavy atom. The molecule has 0 radical (unpaired) electrons. The average molecular weight is 453 g/mol. The fourth-order valence-corrected chi connectivity index (χ4v) is 4.12. The van der Waals surface area contributed by atoms with E-state index in [1.165, 1.54) is 37.7 Å². The third kappa shape index (κ3) is 4.33. The molecule has 4 aromatic rings. The van der Waals surface area contributed by atoms with E-state index in [1.807, 2.05) is 19.9 Å². The molecule has 4 rings (SSSR count). The van der Waals surface area contributed by atoms with Gasteiger partial charge in [0.1, 0.15) is 5.82 Å². The van der Waals surface area contributed by atoms with Gasteiger partial charge in [0.15, 0.2) is 11.5 Å². The molecule has 0 aliphatic carbocycles. The standard InChI is InChI=1S/C23H21FN4O3S/c1-12-22(32-13(2)25-12)18-11-17(14-9-19(30-3)21(29)20(10-14)31-4)27-23(28-18)26-16-7-5-15(24)6-8-16/h5-11,29H,1-4H3,(H,26,27,28). The van der Waals surface area contributed by atoms with Crippen LogP contribution in [0.5, 0.6) is 17.2 Å². The molecule has 0 aliphatic rings. The van der Waals surface area contributed by atoms with Gasteiger partial charge in [-0.1, -0.05) is 0 Å². The lowest BCUT2D eigenvalue weighted by Gasteiger charge is -2.13. The Morgan fingerprint density at radius 3 is 2.09 bits per heavy atom. The summed E-state index contributed by atoms with van der Waals surface area (Å²) in [6.07, 6.45) is 0. The molecule has 7 nitrogen and oxygen atoms in total. The van der Waals surface area contributed by atoms with Gasteiger partial charge < -0.3 is 19.9 Å². The van der Waals surface area contributed by atoms with Crippen molar-refractivity contribution >= 4 is 23.0 Å². The zero-order chi connectivity index (χ0) is 22.8. The van der Waals surface area contributed by atoms with E-state index in [2.05, 4.69) is 20.3 Å². The molecule has 32 heavy (non-hydrogen) atoms. The first kappa shape index (κ1) is 21.5. The van der Waals surface area contributed by atoms with Gasteiger partial charge in [-0.2, -0.15) is 0 Å². The summed E-state index contributed by atoms with van der Waals surface area (Å²) in [7, 11) is 2.93. The normalized spacial score (nSPS) is 10.8. The van der Waals surface area contributed by atoms with E-state index in [1.54, 1.807) is 24.3 Å². The quantitative estimate of drug-likeness (QED) is 0.400. The van der Waals surface area contributed by atoms with Crippen LogP contribution in [0, 0.1) is 19.7 Å². The predicted molar refractivity (Wildman–Crippen MR) is 123 cm³/mol. The number of benzene rings is 2. The van der Waals surface area contributed by atoms with Crippen LogP contribution in [0.1, 0.15) is 10.7 Å². The third-order valence-electron chi connectivity index (χ3n) is 4.74. The smallest absolute Gasteiger partial charge is 0.228 e. The summed E-state index contributed by atoms with van der Waals surface area (Å²) in [5, 5.41) is 14.3. The Bertz CT molecular complexity index is 1250. The maximum absolute atomic E-state index is 13.3. The van der Waals surface area contributed by atoms with Crippen LogP contribution < -0.4 is 14.8 Å². The number of aromatic nitrogens is 3. The molecule has 0 saturated carbocycles. The number of phenolic OH excluding ortho intramolecular Hbond substituents is 1. The Morgan fingerprint density at radius 1 is 0.906 bits per heavy atom. The third-order valence-corrected chi connectivity index (χ3v) is 5.83. The van der Waals surface area contributed by atoms with Crippen LogP contribution in [0.2, 0.25) is 0 Å². The molecule has 2 aromatic carbocycles. The van der Waals surface area contributed by atoms with Crippen molar-refractivity contribution < 1.29 is 19.0 Å². The number of ether oxygens (including phenoxy) is 2. The zero-order valence-electron chi connectivity index (χ0n) is 17.9. The van der Waals surface area contributed by atoms with E-state index >= 15 is 0 Å². The van der Waals surface area contributed by atoms with Crippen LogP contribution >= 0.6 is 11.3 Å². The molecule has 0 spiro atoms. The highest BCUT2D eigenvalue weighted by Crippen LogP contribution is 2.41. The van der Waals surface area contributed by atoms with E-state index in [9.17, 15) is 9.50 Å². The summed E-state index contributed by atoms with van der Waals surface area (Å²) in [4.78, 5) is 14.7. The molecule has 9 heteroatoms. The first-order chi connectivity index (χ1) is 15.4. The maximum atomic E-state index is 13.3. The number of hydrogen-bond donors (Lipinski definition) is 2. The number of hydrogen-bond acceptors (Lipinski definition) is 8. The molecule has 2 N–H and O–H groups in total. The molecule has 0 aliphatic heterocycles. The summed E-state index contributed by atoms with van der Waals surface area (Å²) in [6, 6.07) is 11.1. The molecular weight excluding hydrogens is 431 g/mol. The minimum Gasteiger partial charge on any atom is -0.502 e. The minimum absolute atomic E-state index is 0.0911. The van der Waals surface area contributed by atoms with Crippen molar-refractivity contribution in [2.75, 3.05) is 19.5 Å². The second-order valence-electron chi connectivity index (χ2n) is 6.97. The van der Waals surface area contributed by atoms with E-state index in [0.29, 0.717) is 28.6 Å². The summed E-state index contributed by atoms with van der Waals surface area (Å²) in [6.45, 7) is 3.87. The number of nitrogens with one attached hydrogen (secondary N) is 1. The number of anilines is 2. The minimum atomic E-state index is -0.329. The molecule has 0 atom stereocenters. The van der Waals surface area contributed by atoms with Crippen molar-refractivity contribution in [3.05, 3.63) is 59.0 Å². The van der Waals surface area contributed by atoms with Crippen LogP contribution in [0.15, 0.2) is 42.5 Å². The highest BCUT2D eigenvalue weighted by molar-refractivity contribution is 7.15. The molecule has 0 bridgehead atoms. The summed E-state index contributed by atoms with van der Waals surface area (Å²) in [5.74, 6) is 0.437. The van der Waals surface area contributed by atoms with Gasteiger partial charge in [-0.3, -0.25) is 0 Å². The number of aryl methyl sites for hydroxylation is 2. The molecular formula is C23H21FN4O3S. The number of methoxy groups -OCH3 is 2. The Kier molecular flexibility index (Phi) is 5.91. The van der Waals surface area contributed by atoms with Crippen molar-refractivity contribution in [3.8, 4) is 39.1 Å². The Balaban J connectivity index is 1.87. The first-order valence-corrected chi connectivity index (χ1v) is 10.5. The molecule has 164 valence electrons. The molecule has 0 saturated heterocycles. The highest BCUT2D eigenvalue weighted by Gasteiger charge is 2.17. The van der Waals surface area contributed by atoms with Crippen LogP contribution in [0.25, 0.3) is 21.8 Å². The molecule has 0 amide bonds. The van der Waals surface area contributed by atoms with Crippen LogP contribution in [0.4, 0.5) is 16.0 Å². The first-order valence-electron chi connectivity index (χ1n) is 9.69.